The summed E-state index contributed by atoms with van der Waals surface area (Å²) in [5.74, 6) is -0.120. The molecule has 1 fully saturated rings. The van der Waals surface area contributed by atoms with E-state index in [1.807, 2.05) is 12.1 Å². The second kappa shape index (κ2) is 11.3. The van der Waals surface area contributed by atoms with Crippen LogP contribution in [-0.2, 0) is 18.6 Å². The summed E-state index contributed by atoms with van der Waals surface area (Å²) >= 11 is 0. The van der Waals surface area contributed by atoms with Crippen LogP contribution in [0, 0.1) is 5.82 Å². The van der Waals surface area contributed by atoms with Crippen molar-refractivity contribution in [3.8, 4) is 5.75 Å². The Morgan fingerprint density at radius 1 is 1.20 bits per heavy atom. The van der Waals surface area contributed by atoms with Crippen LogP contribution in [-0.4, -0.2) is 68.9 Å². The first-order valence-electron chi connectivity index (χ1n) is 12.4. The Balaban J connectivity index is 1.34. The van der Waals surface area contributed by atoms with E-state index in [0.29, 0.717) is 18.9 Å². The fourth-order valence-electron chi connectivity index (χ4n) is 4.22. The molecule has 2 atom stereocenters. The number of carbonyl (C=O) groups excluding carboxylic acids is 1. The lowest BCUT2D eigenvalue weighted by atomic mass is 10.1. The van der Waals surface area contributed by atoms with Gasteiger partial charge in [0.1, 0.15) is 18.4 Å². The smallest absolute Gasteiger partial charge is 0.318 e. The molecule has 0 spiro atoms. The number of amides is 1. The minimum absolute atomic E-state index is 0.0335. The predicted octanol–water partition coefficient (Wildman–Crippen LogP) is 2.98. The summed E-state index contributed by atoms with van der Waals surface area (Å²) in [6.45, 7) is 6.68. The first-order chi connectivity index (χ1) is 19.1. The molecule has 3 N–H and O–H groups in total. The van der Waals surface area contributed by atoms with Gasteiger partial charge in [0.2, 0.25) is 5.95 Å². The van der Waals surface area contributed by atoms with Crippen molar-refractivity contribution in [3.05, 3.63) is 42.5 Å². The Hall–Kier alpha value is -3.91. The molecule has 2 aliphatic rings. The van der Waals surface area contributed by atoms with Gasteiger partial charge in [0.15, 0.2) is 28.8 Å². The molecular weight excluding hydrogens is 546 g/mol. The van der Waals surface area contributed by atoms with Crippen LogP contribution in [0.2, 0.25) is 0 Å². The first-order valence-corrected chi connectivity index (χ1v) is 13.6. The number of hydrogen-bond acceptors (Lipinski definition) is 12. The van der Waals surface area contributed by atoms with E-state index in [9.17, 15) is 13.8 Å². The molecule has 3 aromatic heterocycles. The fraction of sp³-hybridized carbons (Fsp3) is 0.375. The van der Waals surface area contributed by atoms with Gasteiger partial charge in [-0.05, 0) is 45.0 Å². The van der Waals surface area contributed by atoms with Gasteiger partial charge in [0, 0.05) is 6.54 Å². The molecule has 0 radical (unpaired) electrons. The van der Waals surface area contributed by atoms with Gasteiger partial charge in [0.25, 0.3) is 5.91 Å². The van der Waals surface area contributed by atoms with Crippen LogP contribution >= 0.6 is 8.25 Å². The van der Waals surface area contributed by atoms with Crippen LogP contribution in [0.3, 0.4) is 0 Å². The van der Waals surface area contributed by atoms with Crippen LogP contribution in [0.15, 0.2) is 36.7 Å². The molecule has 14 nitrogen and oxygen atoms in total. The number of fused-ring (bicyclic) bond motifs is 1. The molecule has 16 heteroatoms. The van der Waals surface area contributed by atoms with E-state index in [-0.39, 0.29) is 35.2 Å². The van der Waals surface area contributed by atoms with Crippen LogP contribution < -0.4 is 25.2 Å². The number of rotatable bonds is 8. The Morgan fingerprint density at radius 2 is 2.02 bits per heavy atom. The van der Waals surface area contributed by atoms with Crippen molar-refractivity contribution in [1.29, 1.82) is 0 Å². The van der Waals surface area contributed by atoms with Gasteiger partial charge in [-0.3, -0.25) is 18.8 Å². The molecule has 1 amide bonds. The first kappa shape index (κ1) is 27.6. The number of nitrogens with zero attached hydrogens (tertiary/aromatic N) is 6. The zero-order valence-electron chi connectivity index (χ0n) is 21.9. The molecule has 5 heterocycles. The molecule has 3 aromatic rings. The van der Waals surface area contributed by atoms with Crippen molar-refractivity contribution in [2.75, 3.05) is 46.9 Å². The number of morpholine rings is 1. The highest BCUT2D eigenvalue weighted by molar-refractivity contribution is 7.32. The Morgan fingerprint density at radius 3 is 2.75 bits per heavy atom. The Bertz CT molecular complexity index is 1430. The molecule has 1 saturated heterocycles. The Labute approximate surface area is 229 Å². The maximum Gasteiger partial charge on any atom is 0.318 e. The zero-order valence-corrected chi connectivity index (χ0v) is 22.9. The monoisotopic (exact) mass is 574 g/mol. The maximum absolute atomic E-state index is 14.6. The third kappa shape index (κ3) is 5.97. The molecule has 40 heavy (non-hydrogen) atoms. The second-order valence-electron chi connectivity index (χ2n) is 9.57. The summed E-state index contributed by atoms with van der Waals surface area (Å²) in [7, 11) is -3.31. The van der Waals surface area contributed by atoms with Gasteiger partial charge in [-0.1, -0.05) is 0 Å². The van der Waals surface area contributed by atoms with Gasteiger partial charge in [-0.2, -0.15) is 4.98 Å². The number of ether oxygens (including phenoxy) is 2. The number of carbonyl (C=O) groups is 1. The summed E-state index contributed by atoms with van der Waals surface area (Å²) < 4.78 is 41.8. The fourth-order valence-corrected chi connectivity index (χ4v) is 4.46. The normalized spacial score (nSPS) is 19.0. The van der Waals surface area contributed by atoms with Crippen LogP contribution in [0.1, 0.15) is 20.8 Å². The number of aromatic nitrogens is 4. The standard InChI is InChI=1S/C24H28FN8O6P/c1-14-12-37-9-8-32(14)19-7-4-15(10-26-19)28-23-27-11-16(25)20(31-23)29-18-6-5-17-21(30-18)33(13-38-40(35)36)22(34)24(2,3)39-17/h4-7,10-11,14,40H,8-9,12-13H2,1-3H3,(H,35,36)(H2,27,28,29,30,31)/t14-/m1/s1. The number of hydrogen-bond donors (Lipinski definition) is 3. The van der Waals surface area contributed by atoms with Crippen molar-refractivity contribution in [3.63, 3.8) is 0 Å². The van der Waals surface area contributed by atoms with E-state index in [2.05, 4.69) is 42.4 Å². The average molecular weight is 575 g/mol. The van der Waals surface area contributed by atoms with Crippen molar-refractivity contribution in [2.45, 2.75) is 32.4 Å². The summed E-state index contributed by atoms with van der Waals surface area (Å²) in [5.41, 5.74) is -0.656. The van der Waals surface area contributed by atoms with E-state index >= 15 is 0 Å². The van der Waals surface area contributed by atoms with Crippen LogP contribution in [0.5, 0.6) is 5.75 Å². The topological polar surface area (TPSA) is 164 Å². The van der Waals surface area contributed by atoms with Gasteiger partial charge >= 0.3 is 8.25 Å². The molecule has 0 saturated carbocycles. The van der Waals surface area contributed by atoms with E-state index in [1.165, 1.54) is 12.1 Å². The summed E-state index contributed by atoms with van der Waals surface area (Å²) in [4.78, 5) is 42.3. The molecule has 212 valence electrons. The number of anilines is 6. The van der Waals surface area contributed by atoms with Gasteiger partial charge in [-0.25, -0.2) is 19.3 Å². The van der Waals surface area contributed by atoms with Crippen LogP contribution in [0.4, 0.5) is 39.3 Å². The van der Waals surface area contributed by atoms with Gasteiger partial charge in [-0.15, -0.1) is 0 Å². The second-order valence-corrected chi connectivity index (χ2v) is 10.4. The highest BCUT2D eigenvalue weighted by Gasteiger charge is 2.42. The van der Waals surface area contributed by atoms with E-state index < -0.39 is 32.3 Å². The lowest BCUT2D eigenvalue weighted by Crippen LogP contribution is -2.53. The predicted molar refractivity (Wildman–Crippen MR) is 144 cm³/mol. The van der Waals surface area contributed by atoms with E-state index in [0.717, 1.165) is 23.5 Å². The summed E-state index contributed by atoms with van der Waals surface area (Å²) in [6.07, 6.45) is 2.64. The highest BCUT2D eigenvalue weighted by Crippen LogP contribution is 2.38. The van der Waals surface area contributed by atoms with Crippen molar-refractivity contribution in [2.24, 2.45) is 0 Å². The van der Waals surface area contributed by atoms with Crippen molar-refractivity contribution >= 4 is 49.1 Å². The highest BCUT2D eigenvalue weighted by atomic mass is 31.1. The molecule has 5 rings (SSSR count). The summed E-state index contributed by atoms with van der Waals surface area (Å²) in [6, 6.07) is 6.96. The minimum atomic E-state index is -3.31. The SMILES string of the molecule is C[C@@H]1COCCN1c1ccc(Nc2ncc(F)c(Nc3ccc4c(n3)N(CO[PH](=O)O)C(=O)C(C)(C)O4)n2)cn1. The third-order valence-corrected chi connectivity index (χ3v) is 6.57. The van der Waals surface area contributed by atoms with Crippen LogP contribution in [0.25, 0.3) is 0 Å². The Kier molecular flexibility index (Phi) is 7.81. The summed E-state index contributed by atoms with van der Waals surface area (Å²) in [5, 5.41) is 5.78. The van der Waals surface area contributed by atoms with E-state index in [4.69, 9.17) is 18.9 Å². The minimum Gasteiger partial charge on any atom is -0.474 e. The average Bonchev–Trinajstić information content (AvgIpc) is 2.92. The molecule has 0 bridgehead atoms. The van der Waals surface area contributed by atoms with Gasteiger partial charge in [0.05, 0.1) is 37.3 Å². The zero-order chi connectivity index (χ0) is 28.4. The number of nitrogens with one attached hydrogen (secondary N) is 2. The molecular formula is C24H28FN8O6P. The van der Waals surface area contributed by atoms with Crippen molar-refractivity contribution in [1.82, 2.24) is 19.9 Å². The molecule has 2 aliphatic heterocycles. The quantitative estimate of drug-likeness (QED) is 0.337. The largest absolute Gasteiger partial charge is 0.474 e. The third-order valence-electron chi connectivity index (χ3n) is 6.19. The lowest BCUT2D eigenvalue weighted by Gasteiger charge is -2.37. The molecule has 0 aromatic carbocycles. The lowest BCUT2D eigenvalue weighted by molar-refractivity contribution is -0.133. The molecule has 1 unspecified atom stereocenters. The molecule has 0 aliphatic carbocycles. The van der Waals surface area contributed by atoms with Gasteiger partial charge < -0.3 is 29.9 Å². The van der Waals surface area contributed by atoms with Crippen molar-refractivity contribution < 1.29 is 32.6 Å². The number of halogens is 1. The number of pyridine rings is 2. The maximum atomic E-state index is 14.6. The van der Waals surface area contributed by atoms with E-state index in [1.54, 1.807) is 20.0 Å².